The van der Waals surface area contributed by atoms with Gasteiger partial charge in [-0.25, -0.2) is 13.6 Å². The Balaban J connectivity index is 1.97. The maximum absolute atomic E-state index is 13.3. The summed E-state index contributed by atoms with van der Waals surface area (Å²) in [7, 11) is 0. The van der Waals surface area contributed by atoms with Crippen molar-refractivity contribution in [3.63, 3.8) is 0 Å². The van der Waals surface area contributed by atoms with Crippen molar-refractivity contribution >= 4 is 23.8 Å². The molecule has 0 fully saturated rings. The van der Waals surface area contributed by atoms with E-state index in [4.69, 9.17) is 5.73 Å². The first-order valence-electron chi connectivity index (χ1n) is 9.33. The van der Waals surface area contributed by atoms with E-state index in [1.165, 1.54) is 12.1 Å². The second-order valence-corrected chi connectivity index (χ2v) is 7.80. The Hall–Kier alpha value is -2.65. The van der Waals surface area contributed by atoms with Crippen LogP contribution in [0.1, 0.15) is 17.5 Å². The summed E-state index contributed by atoms with van der Waals surface area (Å²) in [6, 6.07) is 12.4. The van der Waals surface area contributed by atoms with Gasteiger partial charge in [-0.2, -0.15) is 0 Å². The van der Waals surface area contributed by atoms with E-state index in [9.17, 15) is 23.5 Å². The standard InChI is InChI=1S/C21H24F2N2O4S/c22-16-10-15(11-17(23)12-16)6-7-18(26)19(30-9-8-29-21(24)28)20(27)25-13-14-4-2-1-3-5-14/h1-5,10-12,18-19,26H,6-9,13H2,(H2,24,28)(H,25,27). The van der Waals surface area contributed by atoms with Crippen LogP contribution in [0.25, 0.3) is 0 Å². The molecule has 9 heteroatoms. The van der Waals surface area contributed by atoms with Gasteiger partial charge in [0.15, 0.2) is 0 Å². The van der Waals surface area contributed by atoms with Crippen LogP contribution in [0, 0.1) is 11.6 Å². The Labute approximate surface area is 177 Å². The summed E-state index contributed by atoms with van der Waals surface area (Å²) in [5.41, 5.74) is 6.20. The summed E-state index contributed by atoms with van der Waals surface area (Å²) >= 11 is 1.11. The number of primary amides is 1. The number of halogens is 2. The first kappa shape index (κ1) is 23.6. The van der Waals surface area contributed by atoms with Gasteiger partial charge in [-0.3, -0.25) is 4.79 Å². The minimum Gasteiger partial charge on any atom is -0.449 e. The molecule has 0 radical (unpaired) electrons. The molecule has 2 aromatic rings. The summed E-state index contributed by atoms with van der Waals surface area (Å²) in [6.07, 6.45) is -1.69. The largest absolute Gasteiger partial charge is 0.449 e. The number of benzene rings is 2. The van der Waals surface area contributed by atoms with Gasteiger partial charge in [0.1, 0.15) is 23.5 Å². The highest BCUT2D eigenvalue weighted by Crippen LogP contribution is 2.20. The molecular formula is C21H24F2N2O4S. The molecule has 6 nitrogen and oxygen atoms in total. The molecule has 2 unspecified atom stereocenters. The summed E-state index contributed by atoms with van der Waals surface area (Å²) < 4.78 is 31.4. The number of aliphatic hydroxyl groups excluding tert-OH is 1. The average molecular weight is 438 g/mol. The van der Waals surface area contributed by atoms with Gasteiger partial charge in [-0.1, -0.05) is 30.3 Å². The number of aryl methyl sites for hydroxylation is 1. The van der Waals surface area contributed by atoms with Gasteiger partial charge >= 0.3 is 6.09 Å². The molecule has 0 spiro atoms. The van der Waals surface area contributed by atoms with Crippen LogP contribution in [0.3, 0.4) is 0 Å². The number of ether oxygens (including phenoxy) is 1. The van der Waals surface area contributed by atoms with Crippen LogP contribution in [-0.4, -0.2) is 40.8 Å². The number of carbonyl (C=O) groups is 2. The van der Waals surface area contributed by atoms with Gasteiger partial charge in [0.05, 0.1) is 6.10 Å². The van der Waals surface area contributed by atoms with E-state index in [-0.39, 0.29) is 37.7 Å². The van der Waals surface area contributed by atoms with Crippen LogP contribution in [0.2, 0.25) is 0 Å². The SMILES string of the molecule is NC(=O)OCCSC(C(=O)NCc1ccccc1)C(O)CCc1cc(F)cc(F)c1. The topological polar surface area (TPSA) is 102 Å². The normalized spacial score (nSPS) is 12.8. The van der Waals surface area contributed by atoms with Crippen molar-refractivity contribution in [2.24, 2.45) is 5.73 Å². The number of thioether (sulfide) groups is 1. The first-order valence-corrected chi connectivity index (χ1v) is 10.4. The third kappa shape index (κ3) is 8.38. The molecule has 2 atom stereocenters. The van der Waals surface area contributed by atoms with E-state index in [0.717, 1.165) is 23.4 Å². The van der Waals surface area contributed by atoms with Crippen LogP contribution in [-0.2, 0) is 22.5 Å². The van der Waals surface area contributed by atoms with Gasteiger partial charge in [-0.15, -0.1) is 11.8 Å². The quantitative estimate of drug-likeness (QED) is 0.469. The summed E-state index contributed by atoms with van der Waals surface area (Å²) in [4.78, 5) is 23.3. The second kappa shape index (κ2) is 12.1. The molecule has 0 aliphatic heterocycles. The third-order valence-corrected chi connectivity index (χ3v) is 5.48. The third-order valence-electron chi connectivity index (χ3n) is 4.19. The predicted octanol–water partition coefficient (Wildman–Crippen LogP) is 2.77. The Morgan fingerprint density at radius 3 is 2.40 bits per heavy atom. The lowest BCUT2D eigenvalue weighted by molar-refractivity contribution is -0.122. The van der Waals surface area contributed by atoms with Gasteiger partial charge in [0, 0.05) is 18.4 Å². The fourth-order valence-electron chi connectivity index (χ4n) is 2.79. The molecule has 0 saturated carbocycles. The van der Waals surface area contributed by atoms with E-state index < -0.39 is 29.1 Å². The monoisotopic (exact) mass is 438 g/mol. The number of aliphatic hydroxyl groups is 1. The van der Waals surface area contributed by atoms with Gasteiger partial charge in [0.2, 0.25) is 5.91 Å². The van der Waals surface area contributed by atoms with E-state index in [1.807, 2.05) is 30.3 Å². The Morgan fingerprint density at radius 1 is 1.10 bits per heavy atom. The lowest BCUT2D eigenvalue weighted by atomic mass is 10.0. The van der Waals surface area contributed by atoms with E-state index in [0.29, 0.717) is 5.56 Å². The molecule has 0 aromatic heterocycles. The first-order chi connectivity index (χ1) is 14.3. The molecule has 2 amide bonds. The fraction of sp³-hybridized carbons (Fsp3) is 0.333. The lowest BCUT2D eigenvalue weighted by Gasteiger charge is -2.22. The average Bonchev–Trinajstić information content (AvgIpc) is 2.70. The van der Waals surface area contributed by atoms with Crippen molar-refractivity contribution in [1.29, 1.82) is 0 Å². The van der Waals surface area contributed by atoms with E-state index >= 15 is 0 Å². The van der Waals surface area contributed by atoms with E-state index in [1.54, 1.807) is 0 Å². The maximum atomic E-state index is 13.3. The maximum Gasteiger partial charge on any atom is 0.404 e. The highest BCUT2D eigenvalue weighted by molar-refractivity contribution is 8.00. The number of carbonyl (C=O) groups excluding carboxylic acids is 2. The molecule has 162 valence electrons. The van der Waals surface area contributed by atoms with Gasteiger partial charge in [0.25, 0.3) is 0 Å². The Kier molecular flexibility index (Phi) is 9.56. The second-order valence-electron chi connectivity index (χ2n) is 6.55. The zero-order chi connectivity index (χ0) is 21.9. The fourth-order valence-corrected chi connectivity index (χ4v) is 3.81. The van der Waals surface area contributed by atoms with Crippen molar-refractivity contribution < 1.29 is 28.2 Å². The molecule has 30 heavy (non-hydrogen) atoms. The van der Waals surface area contributed by atoms with Crippen molar-refractivity contribution in [1.82, 2.24) is 5.32 Å². The zero-order valence-electron chi connectivity index (χ0n) is 16.2. The van der Waals surface area contributed by atoms with Gasteiger partial charge in [-0.05, 0) is 36.1 Å². The van der Waals surface area contributed by atoms with Crippen molar-refractivity contribution in [2.75, 3.05) is 12.4 Å². The van der Waals surface area contributed by atoms with Crippen LogP contribution in [0.4, 0.5) is 13.6 Å². The molecule has 2 rings (SSSR count). The molecule has 0 aliphatic rings. The highest BCUT2D eigenvalue weighted by Gasteiger charge is 2.27. The number of hydrogen-bond acceptors (Lipinski definition) is 5. The molecule has 0 bridgehead atoms. The summed E-state index contributed by atoms with van der Waals surface area (Å²) in [6.45, 7) is 0.278. The molecular weight excluding hydrogens is 414 g/mol. The minimum absolute atomic E-state index is 0.00963. The van der Waals surface area contributed by atoms with E-state index in [2.05, 4.69) is 10.1 Å². The predicted molar refractivity (Wildman–Crippen MR) is 111 cm³/mol. The minimum atomic E-state index is -1.08. The number of nitrogens with one attached hydrogen (secondary N) is 1. The molecule has 0 saturated heterocycles. The smallest absolute Gasteiger partial charge is 0.404 e. The Morgan fingerprint density at radius 2 is 1.77 bits per heavy atom. The number of nitrogens with two attached hydrogens (primary N) is 1. The molecule has 0 aliphatic carbocycles. The molecule has 2 aromatic carbocycles. The number of amides is 2. The van der Waals surface area contributed by atoms with Gasteiger partial charge < -0.3 is 20.9 Å². The van der Waals surface area contributed by atoms with Crippen LogP contribution in [0.15, 0.2) is 48.5 Å². The van der Waals surface area contributed by atoms with Crippen molar-refractivity contribution in [3.05, 3.63) is 71.3 Å². The molecule has 4 N–H and O–H groups in total. The van der Waals surface area contributed by atoms with Crippen LogP contribution >= 0.6 is 11.8 Å². The summed E-state index contributed by atoms with van der Waals surface area (Å²) in [5.74, 6) is -1.54. The zero-order valence-corrected chi connectivity index (χ0v) is 17.0. The highest BCUT2D eigenvalue weighted by atomic mass is 32.2. The van der Waals surface area contributed by atoms with Crippen LogP contribution < -0.4 is 11.1 Å². The number of hydrogen-bond donors (Lipinski definition) is 3. The molecule has 0 heterocycles. The number of rotatable bonds is 11. The lowest BCUT2D eigenvalue weighted by Crippen LogP contribution is -2.40. The van der Waals surface area contributed by atoms with Crippen molar-refractivity contribution in [2.45, 2.75) is 30.7 Å². The Bertz CT molecular complexity index is 819. The summed E-state index contributed by atoms with van der Waals surface area (Å²) in [5, 5.41) is 12.5. The van der Waals surface area contributed by atoms with Crippen molar-refractivity contribution in [3.8, 4) is 0 Å². The van der Waals surface area contributed by atoms with Crippen LogP contribution in [0.5, 0.6) is 0 Å².